The van der Waals surface area contributed by atoms with E-state index in [4.69, 9.17) is 16.3 Å². The maximum absolute atomic E-state index is 11.9. The smallest absolute Gasteiger partial charge is 0.310 e. The standard InChI is InChI=1S/C20H16ClNO4S/c1-27(24,25)15-8-4-12(5-9-15)19-16-10-18(23)26-11-17(16)22-20(19)13-2-6-14(21)7-3-13/h2-9,22H,10-11H2,1H3. The fourth-order valence-electron chi connectivity index (χ4n) is 3.28. The Hall–Kier alpha value is -2.57. The van der Waals surface area contributed by atoms with Crippen LogP contribution in [0.1, 0.15) is 11.3 Å². The molecule has 0 bridgehead atoms. The molecule has 138 valence electrons. The number of rotatable bonds is 3. The van der Waals surface area contributed by atoms with E-state index in [0.29, 0.717) is 5.02 Å². The van der Waals surface area contributed by atoms with E-state index in [1.54, 1.807) is 36.4 Å². The number of carbonyl (C=O) groups is 1. The highest BCUT2D eigenvalue weighted by molar-refractivity contribution is 7.90. The van der Waals surface area contributed by atoms with Crippen molar-refractivity contribution in [1.82, 2.24) is 4.98 Å². The van der Waals surface area contributed by atoms with Crippen molar-refractivity contribution in [2.45, 2.75) is 17.9 Å². The predicted octanol–water partition coefficient (Wildman–Crippen LogP) is 4.00. The van der Waals surface area contributed by atoms with Crippen molar-refractivity contribution < 1.29 is 17.9 Å². The minimum atomic E-state index is -3.28. The van der Waals surface area contributed by atoms with Gasteiger partial charge in [-0.1, -0.05) is 35.9 Å². The molecule has 1 aliphatic heterocycles. The summed E-state index contributed by atoms with van der Waals surface area (Å²) in [5.41, 5.74) is 5.21. The summed E-state index contributed by atoms with van der Waals surface area (Å²) in [6, 6.07) is 14.1. The van der Waals surface area contributed by atoms with Gasteiger partial charge in [-0.05, 0) is 41.0 Å². The molecule has 1 aromatic heterocycles. The van der Waals surface area contributed by atoms with Crippen LogP contribution in [0.2, 0.25) is 5.02 Å². The van der Waals surface area contributed by atoms with Gasteiger partial charge in [-0.3, -0.25) is 4.79 Å². The number of ether oxygens (including phenoxy) is 1. The molecule has 1 aliphatic rings. The number of sulfone groups is 1. The molecule has 0 saturated carbocycles. The molecule has 0 spiro atoms. The van der Waals surface area contributed by atoms with Crippen molar-refractivity contribution in [3.05, 3.63) is 64.8 Å². The van der Waals surface area contributed by atoms with Gasteiger partial charge in [-0.25, -0.2) is 8.42 Å². The molecule has 1 N–H and O–H groups in total. The van der Waals surface area contributed by atoms with E-state index in [2.05, 4.69) is 4.98 Å². The third-order valence-electron chi connectivity index (χ3n) is 4.59. The second kappa shape index (κ2) is 6.55. The minimum Gasteiger partial charge on any atom is -0.459 e. The molecule has 0 saturated heterocycles. The molecule has 27 heavy (non-hydrogen) atoms. The number of hydrogen-bond donors (Lipinski definition) is 1. The average Bonchev–Trinajstić information content (AvgIpc) is 3.00. The van der Waals surface area contributed by atoms with Gasteiger partial charge >= 0.3 is 5.97 Å². The first-order valence-corrected chi connectivity index (χ1v) is 10.6. The zero-order chi connectivity index (χ0) is 19.2. The number of aromatic nitrogens is 1. The van der Waals surface area contributed by atoms with Crippen LogP contribution in [0.25, 0.3) is 22.4 Å². The second-order valence-corrected chi connectivity index (χ2v) is 8.93. The number of nitrogens with one attached hydrogen (secondary N) is 1. The van der Waals surface area contributed by atoms with Crippen LogP contribution in [0, 0.1) is 0 Å². The van der Waals surface area contributed by atoms with E-state index >= 15 is 0 Å². The Kier molecular flexibility index (Phi) is 4.32. The lowest BCUT2D eigenvalue weighted by Crippen LogP contribution is -2.15. The molecule has 7 heteroatoms. The molecular formula is C20H16ClNO4S. The summed E-state index contributed by atoms with van der Waals surface area (Å²) in [6.07, 6.45) is 1.35. The maximum atomic E-state index is 11.9. The molecule has 4 rings (SSSR count). The summed E-state index contributed by atoms with van der Waals surface area (Å²) in [5.74, 6) is -0.279. The normalized spacial score (nSPS) is 13.9. The van der Waals surface area contributed by atoms with E-state index in [0.717, 1.165) is 33.6 Å². The highest BCUT2D eigenvalue weighted by Crippen LogP contribution is 2.39. The monoisotopic (exact) mass is 401 g/mol. The second-order valence-electron chi connectivity index (χ2n) is 6.47. The largest absolute Gasteiger partial charge is 0.459 e. The molecule has 0 aliphatic carbocycles. The highest BCUT2D eigenvalue weighted by atomic mass is 35.5. The lowest BCUT2D eigenvalue weighted by molar-refractivity contribution is -0.145. The Morgan fingerprint density at radius 2 is 1.63 bits per heavy atom. The van der Waals surface area contributed by atoms with E-state index in [1.165, 1.54) is 6.26 Å². The topological polar surface area (TPSA) is 76.2 Å². The van der Waals surface area contributed by atoms with Gasteiger partial charge in [0.2, 0.25) is 0 Å². The number of fused-ring (bicyclic) bond motifs is 1. The summed E-state index contributed by atoms with van der Waals surface area (Å²) in [5, 5.41) is 0.632. The first-order chi connectivity index (χ1) is 12.8. The van der Waals surface area contributed by atoms with Crippen molar-refractivity contribution in [1.29, 1.82) is 0 Å². The first-order valence-electron chi connectivity index (χ1n) is 8.29. The fraction of sp³-hybridized carbons (Fsp3) is 0.150. The summed E-state index contributed by atoms with van der Waals surface area (Å²) in [6.45, 7) is 0.191. The van der Waals surface area contributed by atoms with Crippen LogP contribution in [0.15, 0.2) is 53.4 Å². The van der Waals surface area contributed by atoms with Crippen LogP contribution < -0.4 is 0 Å². The van der Waals surface area contributed by atoms with E-state index in [1.807, 2.05) is 12.1 Å². The molecule has 0 radical (unpaired) electrons. The van der Waals surface area contributed by atoms with Crippen molar-refractivity contribution in [2.24, 2.45) is 0 Å². The number of benzene rings is 2. The van der Waals surface area contributed by atoms with Gasteiger partial charge < -0.3 is 9.72 Å². The predicted molar refractivity (Wildman–Crippen MR) is 103 cm³/mol. The molecule has 0 amide bonds. The molecule has 0 atom stereocenters. The Labute approximate surface area is 161 Å². The summed E-state index contributed by atoms with van der Waals surface area (Å²) in [7, 11) is -3.28. The zero-order valence-electron chi connectivity index (χ0n) is 14.5. The van der Waals surface area contributed by atoms with E-state index < -0.39 is 9.84 Å². The fourth-order valence-corrected chi connectivity index (χ4v) is 4.03. The van der Waals surface area contributed by atoms with Gasteiger partial charge in [0.05, 0.1) is 22.7 Å². The van der Waals surface area contributed by atoms with Gasteiger partial charge in [0.25, 0.3) is 0 Å². The van der Waals surface area contributed by atoms with E-state index in [9.17, 15) is 13.2 Å². The van der Waals surface area contributed by atoms with Gasteiger partial charge in [-0.2, -0.15) is 0 Å². The molecular weight excluding hydrogens is 386 g/mol. The van der Waals surface area contributed by atoms with E-state index in [-0.39, 0.29) is 23.9 Å². The van der Waals surface area contributed by atoms with Gasteiger partial charge in [-0.15, -0.1) is 0 Å². The van der Waals surface area contributed by atoms with Crippen LogP contribution in [-0.2, 0) is 32.4 Å². The number of cyclic esters (lactones) is 1. The molecule has 2 aromatic carbocycles. The van der Waals surface area contributed by atoms with Crippen LogP contribution in [-0.4, -0.2) is 25.6 Å². The SMILES string of the molecule is CS(=O)(=O)c1ccc(-c2c(-c3ccc(Cl)cc3)[nH]c3c2CC(=O)OC3)cc1. The van der Waals surface area contributed by atoms with Crippen molar-refractivity contribution in [2.75, 3.05) is 6.26 Å². The van der Waals surface area contributed by atoms with Gasteiger partial charge in [0.15, 0.2) is 9.84 Å². The molecule has 0 unspecified atom stereocenters. The zero-order valence-corrected chi connectivity index (χ0v) is 16.0. The third kappa shape index (κ3) is 3.38. The van der Waals surface area contributed by atoms with Crippen molar-refractivity contribution in [3.8, 4) is 22.4 Å². The van der Waals surface area contributed by atoms with Crippen LogP contribution in [0.3, 0.4) is 0 Å². The average molecular weight is 402 g/mol. The Balaban J connectivity index is 1.91. The summed E-state index contributed by atoms with van der Waals surface area (Å²) in [4.78, 5) is 15.5. The number of hydrogen-bond acceptors (Lipinski definition) is 4. The molecule has 0 fully saturated rings. The summed E-state index contributed by atoms with van der Waals surface area (Å²) < 4.78 is 28.7. The number of esters is 1. The Bertz CT molecular complexity index is 1130. The quantitative estimate of drug-likeness (QED) is 0.673. The number of aromatic amines is 1. The van der Waals surface area contributed by atoms with Gasteiger partial charge in [0, 0.05) is 16.8 Å². The Morgan fingerprint density at radius 1 is 1.00 bits per heavy atom. The number of carbonyl (C=O) groups excluding carboxylic acids is 1. The minimum absolute atomic E-state index is 0.169. The molecule has 5 nitrogen and oxygen atoms in total. The molecule has 2 heterocycles. The maximum Gasteiger partial charge on any atom is 0.310 e. The third-order valence-corrected chi connectivity index (χ3v) is 5.98. The van der Waals surface area contributed by atoms with Crippen molar-refractivity contribution >= 4 is 27.4 Å². The summed E-state index contributed by atoms with van der Waals surface area (Å²) >= 11 is 6.00. The van der Waals surface area contributed by atoms with Gasteiger partial charge in [0.1, 0.15) is 6.61 Å². The van der Waals surface area contributed by atoms with Crippen molar-refractivity contribution in [3.63, 3.8) is 0 Å². The number of halogens is 1. The highest BCUT2D eigenvalue weighted by Gasteiger charge is 2.26. The number of H-pyrrole nitrogens is 1. The first kappa shape index (κ1) is 17.8. The lowest BCUT2D eigenvalue weighted by Gasteiger charge is -2.14. The van der Waals surface area contributed by atoms with Crippen LogP contribution in [0.5, 0.6) is 0 Å². The lowest BCUT2D eigenvalue weighted by atomic mass is 9.95. The van der Waals surface area contributed by atoms with Crippen LogP contribution >= 0.6 is 11.6 Å². The molecule has 3 aromatic rings. The Morgan fingerprint density at radius 3 is 2.26 bits per heavy atom. The van der Waals surface area contributed by atoms with Crippen LogP contribution in [0.4, 0.5) is 0 Å².